The lowest BCUT2D eigenvalue weighted by Gasteiger charge is -2.21. The number of hydrogen-bond donors (Lipinski definition) is 3. The SMILES string of the molecule is CCOC(=O)c1cnc2c(C)c(C)ccc2c1NCC(C)(O)C(=O)O. The fraction of sp³-hybridized carbons (Fsp3) is 0.389. The second-order valence-corrected chi connectivity index (χ2v) is 6.10. The van der Waals surface area contributed by atoms with Crippen LogP contribution in [0.2, 0.25) is 0 Å². The van der Waals surface area contributed by atoms with Gasteiger partial charge in [-0.25, -0.2) is 9.59 Å². The van der Waals surface area contributed by atoms with Gasteiger partial charge in [-0.05, 0) is 38.8 Å². The summed E-state index contributed by atoms with van der Waals surface area (Å²) in [6.07, 6.45) is 1.41. The molecule has 0 bridgehead atoms. The van der Waals surface area contributed by atoms with Crippen molar-refractivity contribution in [3.8, 4) is 0 Å². The average molecular weight is 346 g/mol. The van der Waals surface area contributed by atoms with E-state index in [0.29, 0.717) is 16.6 Å². The molecule has 2 rings (SSSR count). The van der Waals surface area contributed by atoms with E-state index in [1.165, 1.54) is 13.1 Å². The number of nitrogens with one attached hydrogen (secondary N) is 1. The summed E-state index contributed by atoms with van der Waals surface area (Å²) < 4.78 is 5.05. The van der Waals surface area contributed by atoms with Crippen molar-refractivity contribution >= 4 is 28.5 Å². The normalized spacial score (nSPS) is 13.3. The Morgan fingerprint density at radius 1 is 1.32 bits per heavy atom. The maximum Gasteiger partial charge on any atom is 0.341 e. The van der Waals surface area contributed by atoms with E-state index >= 15 is 0 Å². The number of aryl methyl sites for hydroxylation is 2. The molecule has 0 saturated heterocycles. The lowest BCUT2D eigenvalue weighted by Crippen LogP contribution is -2.42. The van der Waals surface area contributed by atoms with Crippen LogP contribution in [0.3, 0.4) is 0 Å². The molecule has 0 amide bonds. The molecule has 3 N–H and O–H groups in total. The van der Waals surface area contributed by atoms with Crippen molar-refractivity contribution in [3.05, 3.63) is 35.0 Å². The highest BCUT2D eigenvalue weighted by atomic mass is 16.5. The smallest absolute Gasteiger partial charge is 0.341 e. The Morgan fingerprint density at radius 3 is 2.60 bits per heavy atom. The van der Waals surface area contributed by atoms with Gasteiger partial charge in [-0.1, -0.05) is 12.1 Å². The minimum Gasteiger partial charge on any atom is -0.479 e. The highest BCUT2D eigenvalue weighted by molar-refractivity contribution is 6.05. The monoisotopic (exact) mass is 346 g/mol. The Balaban J connectivity index is 2.59. The van der Waals surface area contributed by atoms with Crippen molar-refractivity contribution in [2.24, 2.45) is 0 Å². The van der Waals surface area contributed by atoms with Gasteiger partial charge in [0, 0.05) is 11.6 Å². The summed E-state index contributed by atoms with van der Waals surface area (Å²) in [4.78, 5) is 27.7. The Morgan fingerprint density at radius 2 is 2.00 bits per heavy atom. The van der Waals surface area contributed by atoms with Gasteiger partial charge < -0.3 is 20.3 Å². The minimum absolute atomic E-state index is 0.193. The quantitative estimate of drug-likeness (QED) is 0.688. The van der Waals surface area contributed by atoms with Gasteiger partial charge in [-0.15, -0.1) is 0 Å². The second-order valence-electron chi connectivity index (χ2n) is 6.10. The summed E-state index contributed by atoms with van der Waals surface area (Å²) in [5.41, 5.74) is 1.31. The highest BCUT2D eigenvalue weighted by Crippen LogP contribution is 2.30. The van der Waals surface area contributed by atoms with Crippen molar-refractivity contribution in [1.29, 1.82) is 0 Å². The number of carbonyl (C=O) groups is 2. The molecule has 7 heteroatoms. The number of hydrogen-bond acceptors (Lipinski definition) is 6. The topological polar surface area (TPSA) is 109 Å². The number of aliphatic carboxylic acids is 1. The van der Waals surface area contributed by atoms with Gasteiger partial charge in [0.05, 0.1) is 24.4 Å². The number of ether oxygens (including phenoxy) is 1. The van der Waals surface area contributed by atoms with Crippen LogP contribution in [0.5, 0.6) is 0 Å². The van der Waals surface area contributed by atoms with Gasteiger partial charge >= 0.3 is 11.9 Å². The maximum absolute atomic E-state index is 12.2. The number of aliphatic hydroxyl groups is 1. The first-order valence-corrected chi connectivity index (χ1v) is 7.94. The molecule has 0 radical (unpaired) electrons. The third-order valence-electron chi connectivity index (χ3n) is 4.13. The van der Waals surface area contributed by atoms with Crippen molar-refractivity contribution < 1.29 is 24.5 Å². The van der Waals surface area contributed by atoms with Crippen LogP contribution in [0.4, 0.5) is 5.69 Å². The predicted octanol–water partition coefficient (Wildman–Crippen LogP) is 2.28. The molecule has 7 nitrogen and oxygen atoms in total. The number of carboxylic acid groups (broad SMARTS) is 1. The average Bonchev–Trinajstić information content (AvgIpc) is 2.56. The van der Waals surface area contributed by atoms with Crippen LogP contribution < -0.4 is 5.32 Å². The molecule has 0 aliphatic rings. The molecule has 1 aromatic heterocycles. The van der Waals surface area contributed by atoms with E-state index < -0.39 is 17.5 Å². The lowest BCUT2D eigenvalue weighted by atomic mass is 10.0. The standard InChI is InChI=1S/C18H22N2O5/c1-5-25-16(21)13-8-19-14-11(3)10(2)6-7-12(14)15(13)20-9-18(4,24)17(22)23/h6-8,24H,5,9H2,1-4H3,(H,19,20)(H,22,23). The number of aromatic nitrogens is 1. The molecule has 0 fully saturated rings. The second kappa shape index (κ2) is 7.06. The molecule has 0 aliphatic carbocycles. The van der Waals surface area contributed by atoms with Crippen LogP contribution in [-0.2, 0) is 9.53 Å². The molecule has 1 unspecified atom stereocenters. The number of fused-ring (bicyclic) bond motifs is 1. The zero-order valence-electron chi connectivity index (χ0n) is 14.7. The van der Waals surface area contributed by atoms with Gasteiger partial charge in [0.25, 0.3) is 0 Å². The fourth-order valence-corrected chi connectivity index (χ4v) is 2.40. The number of benzene rings is 1. The van der Waals surface area contributed by atoms with Crippen molar-refractivity contribution in [1.82, 2.24) is 4.98 Å². The minimum atomic E-state index is -1.98. The highest BCUT2D eigenvalue weighted by Gasteiger charge is 2.30. The molecule has 0 spiro atoms. The van der Waals surface area contributed by atoms with Crippen molar-refractivity contribution in [2.45, 2.75) is 33.3 Å². The number of carboxylic acids is 1. The zero-order valence-corrected chi connectivity index (χ0v) is 14.7. The van der Waals surface area contributed by atoms with E-state index in [1.807, 2.05) is 26.0 Å². The van der Waals surface area contributed by atoms with Crippen LogP contribution in [-0.4, -0.2) is 45.9 Å². The van der Waals surface area contributed by atoms with Crippen LogP contribution in [0, 0.1) is 13.8 Å². The summed E-state index contributed by atoms with van der Waals surface area (Å²) >= 11 is 0. The summed E-state index contributed by atoms with van der Waals surface area (Å²) in [6, 6.07) is 3.71. The van der Waals surface area contributed by atoms with Crippen LogP contribution in [0.25, 0.3) is 10.9 Å². The molecule has 1 heterocycles. The third-order valence-corrected chi connectivity index (χ3v) is 4.13. The molecule has 0 aliphatic heterocycles. The fourth-order valence-electron chi connectivity index (χ4n) is 2.40. The number of anilines is 1. The molecule has 134 valence electrons. The van der Waals surface area contributed by atoms with E-state index in [9.17, 15) is 14.7 Å². The number of carbonyl (C=O) groups excluding carboxylic acids is 1. The Bertz CT molecular complexity index is 830. The first kappa shape index (κ1) is 18.7. The van der Waals surface area contributed by atoms with E-state index in [4.69, 9.17) is 9.84 Å². The number of rotatable bonds is 6. The largest absolute Gasteiger partial charge is 0.479 e. The Kier molecular flexibility index (Phi) is 5.27. The van der Waals surface area contributed by atoms with E-state index in [-0.39, 0.29) is 18.7 Å². The van der Waals surface area contributed by atoms with Gasteiger partial charge in [0.1, 0.15) is 5.56 Å². The van der Waals surface area contributed by atoms with Crippen LogP contribution in [0.1, 0.15) is 35.3 Å². The van der Waals surface area contributed by atoms with Gasteiger partial charge in [-0.2, -0.15) is 0 Å². The van der Waals surface area contributed by atoms with E-state index in [1.54, 1.807) is 6.92 Å². The van der Waals surface area contributed by atoms with Gasteiger partial charge in [-0.3, -0.25) is 4.98 Å². The molecule has 1 atom stereocenters. The number of esters is 1. The summed E-state index contributed by atoms with van der Waals surface area (Å²) in [5.74, 6) is -1.92. The van der Waals surface area contributed by atoms with E-state index in [2.05, 4.69) is 10.3 Å². The van der Waals surface area contributed by atoms with Gasteiger partial charge in [0.15, 0.2) is 5.60 Å². The summed E-state index contributed by atoms with van der Waals surface area (Å²) in [5, 5.41) is 22.6. The molecule has 1 aromatic carbocycles. The van der Waals surface area contributed by atoms with Crippen LogP contribution >= 0.6 is 0 Å². The molecule has 25 heavy (non-hydrogen) atoms. The number of nitrogens with zero attached hydrogens (tertiary/aromatic N) is 1. The van der Waals surface area contributed by atoms with Crippen LogP contribution in [0.15, 0.2) is 18.3 Å². The first-order valence-electron chi connectivity index (χ1n) is 7.94. The van der Waals surface area contributed by atoms with E-state index in [0.717, 1.165) is 11.1 Å². The molecule has 2 aromatic rings. The maximum atomic E-state index is 12.2. The molecular weight excluding hydrogens is 324 g/mol. The first-order chi connectivity index (χ1) is 11.7. The predicted molar refractivity (Wildman–Crippen MR) is 93.9 cm³/mol. The summed E-state index contributed by atoms with van der Waals surface area (Å²) in [6.45, 7) is 6.69. The van der Waals surface area contributed by atoms with Crippen molar-refractivity contribution in [3.63, 3.8) is 0 Å². The summed E-state index contributed by atoms with van der Waals surface area (Å²) in [7, 11) is 0. The third kappa shape index (κ3) is 3.71. The van der Waals surface area contributed by atoms with Gasteiger partial charge in [0.2, 0.25) is 0 Å². The van der Waals surface area contributed by atoms with Crippen molar-refractivity contribution in [2.75, 3.05) is 18.5 Å². The lowest BCUT2D eigenvalue weighted by molar-refractivity contribution is -0.155. The number of pyridine rings is 1. The molecular formula is C18H22N2O5. The Labute approximate surface area is 145 Å². The Hall–Kier alpha value is -2.67. The zero-order chi connectivity index (χ0) is 18.8. The molecule has 0 saturated carbocycles.